The van der Waals surface area contributed by atoms with E-state index >= 15 is 0 Å². The molecule has 2 amide bonds. The lowest BCUT2D eigenvalue weighted by molar-refractivity contribution is -0.120. The third-order valence-electron chi connectivity index (χ3n) is 6.21. The van der Waals surface area contributed by atoms with Gasteiger partial charge in [0.25, 0.3) is 11.8 Å². The fourth-order valence-corrected chi connectivity index (χ4v) is 4.70. The number of piperidine rings is 1. The van der Waals surface area contributed by atoms with Crippen LogP contribution in [0.4, 0.5) is 5.69 Å². The van der Waals surface area contributed by atoms with Crippen LogP contribution in [-0.2, 0) is 9.59 Å². The van der Waals surface area contributed by atoms with Crippen LogP contribution in [0.2, 0.25) is 5.02 Å². The average molecular weight is 423 g/mol. The van der Waals surface area contributed by atoms with Gasteiger partial charge in [0, 0.05) is 18.1 Å². The zero-order valence-electron chi connectivity index (χ0n) is 18.0. The molecule has 0 aliphatic carbocycles. The lowest BCUT2D eigenvalue weighted by atomic mass is 9.95. The summed E-state index contributed by atoms with van der Waals surface area (Å²) < 4.78 is 0. The Morgan fingerprint density at radius 3 is 2.23 bits per heavy atom. The molecule has 30 heavy (non-hydrogen) atoms. The topological polar surface area (TPSA) is 40.6 Å². The minimum absolute atomic E-state index is 0.241. The van der Waals surface area contributed by atoms with Crippen LogP contribution in [0.25, 0.3) is 5.57 Å². The molecule has 0 unspecified atom stereocenters. The van der Waals surface area contributed by atoms with Crippen molar-refractivity contribution in [2.45, 2.75) is 40.5 Å². The largest absolute Gasteiger partial charge is 0.366 e. The van der Waals surface area contributed by atoms with Crippen molar-refractivity contribution in [3.8, 4) is 0 Å². The molecule has 0 atom stereocenters. The van der Waals surface area contributed by atoms with Gasteiger partial charge in [-0.25, -0.2) is 4.90 Å². The van der Waals surface area contributed by atoms with Gasteiger partial charge in [0.2, 0.25) is 0 Å². The molecule has 0 N–H and O–H groups in total. The summed E-state index contributed by atoms with van der Waals surface area (Å²) in [5.41, 5.74) is 5.42. The number of anilines is 1. The molecule has 156 valence electrons. The van der Waals surface area contributed by atoms with E-state index in [0.717, 1.165) is 48.2 Å². The number of aryl methyl sites for hydroxylation is 3. The van der Waals surface area contributed by atoms with E-state index in [2.05, 4.69) is 17.9 Å². The number of carbonyl (C=O) groups is 2. The molecule has 0 spiro atoms. The third kappa shape index (κ3) is 3.54. The SMILES string of the molecule is Cc1ccc(C2=C(N3CCC(C)CC3)C(=O)N(c3ccc(Cl)cc3C)C2=O)c(C)c1. The van der Waals surface area contributed by atoms with Crippen LogP contribution in [0.3, 0.4) is 0 Å². The summed E-state index contributed by atoms with van der Waals surface area (Å²) in [7, 11) is 0. The number of carbonyl (C=O) groups excluding carboxylic acids is 2. The molecule has 2 aromatic rings. The van der Waals surface area contributed by atoms with E-state index in [1.165, 1.54) is 4.90 Å². The molecule has 4 nitrogen and oxygen atoms in total. The minimum atomic E-state index is -0.258. The Kier molecular flexibility index (Phi) is 5.46. The zero-order chi connectivity index (χ0) is 21.6. The number of likely N-dealkylation sites (tertiary alicyclic amines) is 1. The molecular weight excluding hydrogens is 396 g/mol. The first-order valence-corrected chi connectivity index (χ1v) is 10.9. The maximum atomic E-state index is 13.7. The van der Waals surface area contributed by atoms with Gasteiger partial charge in [-0.15, -0.1) is 0 Å². The smallest absolute Gasteiger partial charge is 0.282 e. The second-order valence-corrected chi connectivity index (χ2v) is 9.02. The maximum Gasteiger partial charge on any atom is 0.282 e. The predicted octanol–water partition coefficient (Wildman–Crippen LogP) is 5.28. The van der Waals surface area contributed by atoms with Crippen LogP contribution < -0.4 is 4.90 Å². The molecule has 0 radical (unpaired) electrons. The number of hydrogen-bond donors (Lipinski definition) is 0. The Balaban J connectivity index is 1.86. The highest BCUT2D eigenvalue weighted by molar-refractivity contribution is 6.45. The molecule has 4 rings (SSSR count). The van der Waals surface area contributed by atoms with Crippen molar-refractivity contribution in [2.24, 2.45) is 5.92 Å². The van der Waals surface area contributed by atoms with E-state index in [4.69, 9.17) is 11.6 Å². The van der Waals surface area contributed by atoms with Gasteiger partial charge in [0.1, 0.15) is 5.70 Å². The van der Waals surface area contributed by atoms with Crippen LogP contribution in [0.5, 0.6) is 0 Å². The fraction of sp³-hybridized carbons (Fsp3) is 0.360. The minimum Gasteiger partial charge on any atom is -0.366 e. The predicted molar refractivity (Wildman–Crippen MR) is 121 cm³/mol. The van der Waals surface area contributed by atoms with Crippen molar-refractivity contribution in [3.63, 3.8) is 0 Å². The number of nitrogens with zero attached hydrogens (tertiary/aromatic N) is 2. The van der Waals surface area contributed by atoms with Crippen LogP contribution in [0.15, 0.2) is 42.1 Å². The van der Waals surface area contributed by atoms with E-state index in [0.29, 0.717) is 27.9 Å². The zero-order valence-corrected chi connectivity index (χ0v) is 18.7. The molecular formula is C25H27ClN2O2. The van der Waals surface area contributed by atoms with Crippen molar-refractivity contribution in [3.05, 3.63) is 69.4 Å². The van der Waals surface area contributed by atoms with E-state index in [1.54, 1.807) is 18.2 Å². The summed E-state index contributed by atoms with van der Waals surface area (Å²) in [5.74, 6) is 0.133. The highest BCUT2D eigenvalue weighted by Crippen LogP contribution is 2.38. The van der Waals surface area contributed by atoms with Gasteiger partial charge in [-0.05, 0) is 74.4 Å². The molecule has 2 aliphatic heterocycles. The molecule has 0 aromatic heterocycles. The normalized spacial score (nSPS) is 18.0. The van der Waals surface area contributed by atoms with Crippen molar-refractivity contribution in [2.75, 3.05) is 18.0 Å². The number of hydrogen-bond acceptors (Lipinski definition) is 3. The van der Waals surface area contributed by atoms with Gasteiger partial charge in [-0.2, -0.15) is 0 Å². The average Bonchev–Trinajstić information content (AvgIpc) is 2.93. The molecule has 2 aliphatic rings. The van der Waals surface area contributed by atoms with E-state index in [1.807, 2.05) is 32.9 Å². The van der Waals surface area contributed by atoms with Crippen molar-refractivity contribution < 1.29 is 9.59 Å². The monoisotopic (exact) mass is 422 g/mol. The van der Waals surface area contributed by atoms with Gasteiger partial charge in [0.15, 0.2) is 0 Å². The Labute approximate surface area is 183 Å². The highest BCUT2D eigenvalue weighted by Gasteiger charge is 2.43. The van der Waals surface area contributed by atoms with Crippen molar-refractivity contribution >= 4 is 34.7 Å². The molecule has 2 aromatic carbocycles. The fourth-order valence-electron chi connectivity index (χ4n) is 4.47. The van der Waals surface area contributed by atoms with Crippen molar-refractivity contribution in [1.82, 2.24) is 4.90 Å². The van der Waals surface area contributed by atoms with Crippen LogP contribution in [0.1, 0.15) is 42.0 Å². The molecule has 1 saturated heterocycles. The Hall–Kier alpha value is -2.59. The van der Waals surface area contributed by atoms with Gasteiger partial charge >= 0.3 is 0 Å². The van der Waals surface area contributed by atoms with E-state index in [9.17, 15) is 9.59 Å². The first kappa shape index (κ1) is 20.7. The standard InChI is InChI=1S/C25H27ClN2O2/c1-15-9-11-27(12-10-15)23-22(20-7-5-16(2)13-17(20)3)24(29)28(25(23)30)21-8-6-19(26)14-18(21)4/h5-8,13-15H,9-12H2,1-4H3. The second-order valence-electron chi connectivity index (χ2n) is 8.59. The Bertz CT molecular complexity index is 1060. The number of halogens is 1. The maximum absolute atomic E-state index is 13.7. The van der Waals surface area contributed by atoms with Crippen LogP contribution in [-0.4, -0.2) is 29.8 Å². The summed E-state index contributed by atoms with van der Waals surface area (Å²) in [5, 5.41) is 0.586. The van der Waals surface area contributed by atoms with Gasteiger partial charge in [0.05, 0.1) is 11.3 Å². The highest BCUT2D eigenvalue weighted by atomic mass is 35.5. The second kappa shape index (κ2) is 7.92. The number of amides is 2. The molecule has 0 bridgehead atoms. The lowest BCUT2D eigenvalue weighted by Gasteiger charge is -2.33. The van der Waals surface area contributed by atoms with Crippen LogP contribution in [0, 0.1) is 26.7 Å². The number of imide groups is 1. The van der Waals surface area contributed by atoms with E-state index < -0.39 is 0 Å². The number of benzene rings is 2. The summed E-state index contributed by atoms with van der Waals surface area (Å²) in [6, 6.07) is 11.3. The number of rotatable bonds is 3. The summed E-state index contributed by atoms with van der Waals surface area (Å²) in [6.07, 6.45) is 2.04. The molecule has 1 fully saturated rings. The van der Waals surface area contributed by atoms with Gasteiger partial charge in [-0.3, -0.25) is 9.59 Å². The van der Waals surface area contributed by atoms with Gasteiger partial charge in [-0.1, -0.05) is 42.3 Å². The van der Waals surface area contributed by atoms with Crippen molar-refractivity contribution in [1.29, 1.82) is 0 Å². The Morgan fingerprint density at radius 2 is 1.60 bits per heavy atom. The van der Waals surface area contributed by atoms with Crippen LogP contribution >= 0.6 is 11.6 Å². The van der Waals surface area contributed by atoms with Gasteiger partial charge < -0.3 is 4.90 Å². The Morgan fingerprint density at radius 1 is 0.900 bits per heavy atom. The third-order valence-corrected chi connectivity index (χ3v) is 6.45. The summed E-state index contributed by atoms with van der Waals surface area (Å²) in [6.45, 7) is 9.72. The first-order valence-electron chi connectivity index (χ1n) is 10.5. The molecule has 2 heterocycles. The molecule has 0 saturated carbocycles. The lowest BCUT2D eigenvalue weighted by Crippen LogP contribution is -2.38. The first-order chi connectivity index (χ1) is 14.3. The summed E-state index contributed by atoms with van der Waals surface area (Å²) in [4.78, 5) is 30.8. The quantitative estimate of drug-likeness (QED) is 0.631. The summed E-state index contributed by atoms with van der Waals surface area (Å²) >= 11 is 6.11. The van der Waals surface area contributed by atoms with E-state index in [-0.39, 0.29) is 11.8 Å². The molecule has 5 heteroatoms.